The molecule has 0 unspecified atom stereocenters. The van der Waals surface area contributed by atoms with Gasteiger partial charge in [0.15, 0.2) is 0 Å². The summed E-state index contributed by atoms with van der Waals surface area (Å²) in [5.41, 5.74) is 3.17. The van der Waals surface area contributed by atoms with Gasteiger partial charge in [-0.3, -0.25) is 9.59 Å². The van der Waals surface area contributed by atoms with Gasteiger partial charge in [-0.15, -0.1) is 11.3 Å². The zero-order valence-corrected chi connectivity index (χ0v) is 19.5. The first kappa shape index (κ1) is 23.0. The summed E-state index contributed by atoms with van der Waals surface area (Å²) in [6, 6.07) is 20.7. The van der Waals surface area contributed by atoms with Crippen molar-refractivity contribution in [2.75, 3.05) is 31.2 Å². The molecular formula is C26H29N3O3S. The van der Waals surface area contributed by atoms with E-state index in [-0.39, 0.29) is 17.9 Å². The van der Waals surface area contributed by atoms with E-state index in [1.54, 1.807) is 6.07 Å². The normalized spacial score (nSPS) is 15.5. The fourth-order valence-electron chi connectivity index (χ4n) is 3.89. The van der Waals surface area contributed by atoms with E-state index < -0.39 is 6.04 Å². The number of ether oxygens (including phenoxy) is 1. The summed E-state index contributed by atoms with van der Waals surface area (Å²) >= 11 is 1.36. The first-order valence-corrected chi connectivity index (χ1v) is 12.1. The van der Waals surface area contributed by atoms with Crippen LogP contribution in [-0.2, 0) is 16.0 Å². The minimum absolute atomic E-state index is 0.187. The molecule has 1 saturated heterocycles. The third kappa shape index (κ3) is 6.21. The number of nitrogens with one attached hydrogen (secondary N) is 2. The van der Waals surface area contributed by atoms with Gasteiger partial charge < -0.3 is 20.3 Å². The first-order chi connectivity index (χ1) is 16.1. The van der Waals surface area contributed by atoms with Crippen molar-refractivity contribution in [1.82, 2.24) is 10.6 Å². The number of hydrogen-bond acceptors (Lipinski definition) is 5. The van der Waals surface area contributed by atoms with Crippen LogP contribution in [0.5, 0.6) is 0 Å². The van der Waals surface area contributed by atoms with Crippen LogP contribution in [0.1, 0.15) is 33.8 Å². The van der Waals surface area contributed by atoms with Crippen molar-refractivity contribution >= 4 is 28.8 Å². The van der Waals surface area contributed by atoms with E-state index in [0.29, 0.717) is 11.3 Å². The Labute approximate surface area is 198 Å². The Morgan fingerprint density at radius 2 is 1.70 bits per heavy atom. The van der Waals surface area contributed by atoms with Gasteiger partial charge in [-0.2, -0.15) is 0 Å². The molecule has 2 atom stereocenters. The van der Waals surface area contributed by atoms with Gasteiger partial charge in [0.2, 0.25) is 5.91 Å². The highest BCUT2D eigenvalue weighted by Gasteiger charge is 2.24. The molecule has 172 valence electrons. The zero-order valence-electron chi connectivity index (χ0n) is 18.7. The van der Waals surface area contributed by atoms with Crippen molar-refractivity contribution in [3.63, 3.8) is 0 Å². The molecule has 0 bridgehead atoms. The minimum atomic E-state index is -0.669. The molecule has 0 saturated carbocycles. The van der Waals surface area contributed by atoms with Crippen molar-refractivity contribution in [2.24, 2.45) is 0 Å². The molecule has 1 fully saturated rings. The average molecular weight is 464 g/mol. The maximum absolute atomic E-state index is 13.2. The van der Waals surface area contributed by atoms with E-state index in [9.17, 15) is 9.59 Å². The smallest absolute Gasteiger partial charge is 0.262 e. The average Bonchev–Trinajstić information content (AvgIpc) is 3.40. The van der Waals surface area contributed by atoms with Crippen LogP contribution in [0.15, 0.2) is 72.1 Å². The Hall–Kier alpha value is -3.16. The molecule has 3 aromatic rings. The maximum atomic E-state index is 13.2. The zero-order chi connectivity index (χ0) is 23.0. The minimum Gasteiger partial charge on any atom is -0.378 e. The first-order valence-electron chi connectivity index (χ1n) is 11.2. The predicted octanol–water partition coefficient (Wildman–Crippen LogP) is 3.80. The van der Waals surface area contributed by atoms with Gasteiger partial charge in [-0.25, -0.2) is 0 Å². The molecule has 7 heteroatoms. The molecule has 2 heterocycles. The number of carbonyl (C=O) groups excluding carboxylic acids is 2. The lowest BCUT2D eigenvalue weighted by atomic mass is 10.0. The second-order valence-corrected chi connectivity index (χ2v) is 9.06. The standard InChI is InChI=1S/C26H29N3O3S/c1-19(21-9-11-22(12-10-21)29-13-15-32-16-14-29)27-25(30)23(18-20-6-3-2-4-7-20)28-26(31)24-8-5-17-33-24/h2-12,17,19,23H,13-16,18H2,1H3,(H,27,30)(H,28,31)/t19-,23-/m1/s1. The van der Waals surface area contributed by atoms with E-state index in [1.807, 2.05) is 60.8 Å². The summed E-state index contributed by atoms with van der Waals surface area (Å²) in [5, 5.41) is 7.85. The van der Waals surface area contributed by atoms with Gasteiger partial charge in [0.05, 0.1) is 24.1 Å². The Morgan fingerprint density at radius 3 is 2.36 bits per heavy atom. The number of rotatable bonds is 8. The molecule has 0 radical (unpaired) electrons. The SMILES string of the molecule is C[C@@H](NC(=O)[C@@H](Cc1ccccc1)NC(=O)c1cccs1)c1ccc(N2CCOCC2)cc1. The van der Waals surface area contributed by atoms with Crippen LogP contribution in [0.3, 0.4) is 0 Å². The quantitative estimate of drug-likeness (QED) is 0.533. The van der Waals surface area contributed by atoms with Crippen LogP contribution < -0.4 is 15.5 Å². The number of morpholine rings is 1. The predicted molar refractivity (Wildman–Crippen MR) is 132 cm³/mol. The Bertz CT molecular complexity index is 1030. The molecule has 0 spiro atoms. The van der Waals surface area contributed by atoms with Gasteiger partial charge in [0, 0.05) is 25.2 Å². The lowest BCUT2D eigenvalue weighted by Crippen LogP contribution is -2.48. The second-order valence-electron chi connectivity index (χ2n) is 8.11. The monoisotopic (exact) mass is 463 g/mol. The Morgan fingerprint density at radius 1 is 0.970 bits per heavy atom. The van der Waals surface area contributed by atoms with Crippen LogP contribution in [-0.4, -0.2) is 44.2 Å². The highest BCUT2D eigenvalue weighted by molar-refractivity contribution is 7.12. The lowest BCUT2D eigenvalue weighted by Gasteiger charge is -2.29. The van der Waals surface area contributed by atoms with Gasteiger partial charge in [0.25, 0.3) is 5.91 Å². The van der Waals surface area contributed by atoms with Gasteiger partial charge in [-0.05, 0) is 41.6 Å². The third-order valence-corrected chi connectivity index (χ3v) is 6.65. The van der Waals surface area contributed by atoms with Gasteiger partial charge >= 0.3 is 0 Å². The molecule has 1 aromatic heterocycles. The number of anilines is 1. The summed E-state index contributed by atoms with van der Waals surface area (Å²) in [6.45, 7) is 5.22. The van der Waals surface area contributed by atoms with Crippen molar-refractivity contribution in [3.8, 4) is 0 Å². The largest absolute Gasteiger partial charge is 0.378 e. The third-order valence-electron chi connectivity index (χ3n) is 5.78. The van der Waals surface area contributed by atoms with E-state index in [1.165, 1.54) is 11.3 Å². The van der Waals surface area contributed by atoms with Gasteiger partial charge in [0.1, 0.15) is 6.04 Å². The van der Waals surface area contributed by atoms with E-state index in [2.05, 4.69) is 27.7 Å². The highest BCUT2D eigenvalue weighted by Crippen LogP contribution is 2.20. The number of carbonyl (C=O) groups is 2. The topological polar surface area (TPSA) is 70.7 Å². The van der Waals surface area contributed by atoms with E-state index in [4.69, 9.17) is 4.74 Å². The maximum Gasteiger partial charge on any atom is 0.262 e. The van der Waals surface area contributed by atoms with Crippen LogP contribution >= 0.6 is 11.3 Å². The molecule has 2 amide bonds. The fourth-order valence-corrected chi connectivity index (χ4v) is 4.52. The molecular weight excluding hydrogens is 434 g/mol. The Balaban J connectivity index is 1.43. The van der Waals surface area contributed by atoms with Crippen LogP contribution in [0.4, 0.5) is 5.69 Å². The summed E-state index contributed by atoms with van der Waals surface area (Å²) in [7, 11) is 0. The molecule has 4 rings (SSSR count). The summed E-state index contributed by atoms with van der Waals surface area (Å²) in [6.07, 6.45) is 0.423. The van der Waals surface area contributed by atoms with E-state index in [0.717, 1.165) is 43.1 Å². The van der Waals surface area contributed by atoms with Crippen LogP contribution in [0.25, 0.3) is 0 Å². The van der Waals surface area contributed by atoms with Crippen molar-refractivity contribution in [2.45, 2.75) is 25.4 Å². The van der Waals surface area contributed by atoms with Crippen molar-refractivity contribution in [1.29, 1.82) is 0 Å². The summed E-state index contributed by atoms with van der Waals surface area (Å²) in [5.74, 6) is -0.433. The van der Waals surface area contributed by atoms with Crippen LogP contribution in [0.2, 0.25) is 0 Å². The fraction of sp³-hybridized carbons (Fsp3) is 0.308. The van der Waals surface area contributed by atoms with Crippen LogP contribution in [0, 0.1) is 0 Å². The van der Waals surface area contributed by atoms with E-state index >= 15 is 0 Å². The number of hydrogen-bond donors (Lipinski definition) is 2. The number of amides is 2. The molecule has 0 aliphatic carbocycles. The van der Waals surface area contributed by atoms with Gasteiger partial charge in [-0.1, -0.05) is 48.5 Å². The number of thiophene rings is 1. The molecule has 2 N–H and O–H groups in total. The molecule has 1 aliphatic rings. The van der Waals surface area contributed by atoms with Crippen molar-refractivity contribution in [3.05, 3.63) is 88.1 Å². The molecule has 2 aromatic carbocycles. The molecule has 6 nitrogen and oxygen atoms in total. The summed E-state index contributed by atoms with van der Waals surface area (Å²) in [4.78, 5) is 28.8. The number of benzene rings is 2. The summed E-state index contributed by atoms with van der Waals surface area (Å²) < 4.78 is 5.42. The Kier molecular flexibility index (Phi) is 7.75. The van der Waals surface area contributed by atoms with Crippen molar-refractivity contribution < 1.29 is 14.3 Å². The second kappa shape index (κ2) is 11.1. The molecule has 1 aliphatic heterocycles. The lowest BCUT2D eigenvalue weighted by molar-refractivity contribution is -0.123. The highest BCUT2D eigenvalue weighted by atomic mass is 32.1. The number of nitrogens with zero attached hydrogens (tertiary/aromatic N) is 1. The molecule has 33 heavy (non-hydrogen) atoms.